The van der Waals surface area contributed by atoms with Crippen molar-refractivity contribution in [3.63, 3.8) is 0 Å². The summed E-state index contributed by atoms with van der Waals surface area (Å²) in [7, 11) is 0. The lowest BCUT2D eigenvalue weighted by molar-refractivity contribution is 0.108. The number of rotatable bonds is 1. The van der Waals surface area contributed by atoms with Crippen LogP contribution in [0.1, 0.15) is 10.4 Å². The van der Waals surface area contributed by atoms with Gasteiger partial charge in [0.1, 0.15) is 0 Å². The van der Waals surface area contributed by atoms with Crippen LogP contribution in [0.4, 0.5) is 0 Å². The first-order valence-corrected chi connectivity index (χ1v) is 2.93. The van der Waals surface area contributed by atoms with Crippen molar-refractivity contribution in [1.29, 1.82) is 0 Å². The molecule has 0 spiro atoms. The summed E-state index contributed by atoms with van der Waals surface area (Å²) < 4.78 is 0. The second-order valence-electron chi connectivity index (χ2n) is 1.64. The average Bonchev–Trinajstić information content (AvgIpc) is 1.90. The molecule has 0 heterocycles. The molecule has 0 amide bonds. The van der Waals surface area contributed by atoms with Crippen LogP contribution in [-0.4, -0.2) is 5.24 Å². The second-order valence-corrected chi connectivity index (χ2v) is 1.98. The van der Waals surface area contributed by atoms with Gasteiger partial charge in [-0.05, 0) is 11.6 Å². The third kappa shape index (κ3) is 5.67. The summed E-state index contributed by atoms with van der Waals surface area (Å²) in [5.74, 6) is 0. The topological polar surface area (TPSA) is 17.1 Å². The molecule has 12 heavy (non-hydrogen) atoms. The first-order valence-electron chi connectivity index (χ1n) is 2.55. The number of benzene rings is 1. The van der Waals surface area contributed by atoms with E-state index in [-0.39, 0.29) is 37.2 Å². The van der Waals surface area contributed by atoms with Crippen molar-refractivity contribution in [2.45, 2.75) is 0 Å². The minimum Gasteiger partial charge on any atom is -0.276 e. The molecular formula is C7H8Cl4O. The van der Waals surface area contributed by atoms with Gasteiger partial charge in [-0.15, -0.1) is 37.2 Å². The SMILES string of the molecule is Cl.Cl.Cl.O=C(Cl)c1ccccc1. The van der Waals surface area contributed by atoms with Crippen molar-refractivity contribution in [3.8, 4) is 0 Å². The van der Waals surface area contributed by atoms with Gasteiger partial charge in [0, 0.05) is 5.56 Å². The van der Waals surface area contributed by atoms with Crippen molar-refractivity contribution in [2.24, 2.45) is 0 Å². The third-order valence-electron chi connectivity index (χ3n) is 1.00. The maximum Gasteiger partial charge on any atom is 0.252 e. The zero-order chi connectivity index (χ0) is 6.69. The molecule has 0 saturated carbocycles. The molecule has 0 aliphatic rings. The highest BCUT2D eigenvalue weighted by molar-refractivity contribution is 6.67. The molecule has 0 unspecified atom stereocenters. The van der Waals surface area contributed by atoms with E-state index < -0.39 is 5.24 Å². The lowest BCUT2D eigenvalue weighted by Gasteiger charge is -1.87. The molecule has 1 aromatic carbocycles. The van der Waals surface area contributed by atoms with Crippen LogP contribution in [0.15, 0.2) is 30.3 Å². The van der Waals surface area contributed by atoms with Crippen LogP contribution in [0.25, 0.3) is 0 Å². The Morgan fingerprint density at radius 2 is 1.42 bits per heavy atom. The van der Waals surface area contributed by atoms with Crippen molar-refractivity contribution in [1.82, 2.24) is 0 Å². The van der Waals surface area contributed by atoms with Gasteiger partial charge in [0.15, 0.2) is 0 Å². The summed E-state index contributed by atoms with van der Waals surface area (Å²) in [5.41, 5.74) is 0.541. The third-order valence-corrected chi connectivity index (χ3v) is 1.22. The quantitative estimate of drug-likeness (QED) is 0.698. The van der Waals surface area contributed by atoms with Crippen LogP contribution in [0, 0.1) is 0 Å². The Balaban J connectivity index is -0.000000270. The van der Waals surface area contributed by atoms with E-state index in [0.29, 0.717) is 5.56 Å². The van der Waals surface area contributed by atoms with E-state index in [1.807, 2.05) is 6.07 Å². The molecule has 1 nitrogen and oxygen atoms in total. The van der Waals surface area contributed by atoms with Gasteiger partial charge in [-0.25, -0.2) is 0 Å². The average molecular weight is 250 g/mol. The van der Waals surface area contributed by atoms with E-state index in [1.54, 1.807) is 24.3 Å². The van der Waals surface area contributed by atoms with E-state index in [2.05, 4.69) is 0 Å². The molecule has 1 aromatic rings. The van der Waals surface area contributed by atoms with Crippen molar-refractivity contribution in [2.75, 3.05) is 0 Å². The molecule has 1 rings (SSSR count). The fourth-order valence-corrected chi connectivity index (χ4v) is 0.695. The van der Waals surface area contributed by atoms with Gasteiger partial charge in [-0.2, -0.15) is 0 Å². The Morgan fingerprint density at radius 3 is 1.67 bits per heavy atom. The highest BCUT2D eigenvalue weighted by atomic mass is 35.5. The molecule has 0 aromatic heterocycles. The van der Waals surface area contributed by atoms with Gasteiger partial charge in [-0.3, -0.25) is 4.79 Å². The predicted molar refractivity (Wildman–Crippen MR) is 58.4 cm³/mol. The van der Waals surface area contributed by atoms with E-state index in [9.17, 15) is 4.79 Å². The van der Waals surface area contributed by atoms with Crippen molar-refractivity contribution in [3.05, 3.63) is 35.9 Å². The lowest BCUT2D eigenvalue weighted by Crippen LogP contribution is -1.84. The van der Waals surface area contributed by atoms with E-state index in [4.69, 9.17) is 11.6 Å². The molecule has 70 valence electrons. The molecule has 0 N–H and O–H groups in total. The minimum atomic E-state index is -0.407. The Morgan fingerprint density at radius 1 is 1.00 bits per heavy atom. The van der Waals surface area contributed by atoms with Crippen LogP contribution in [0.3, 0.4) is 0 Å². The largest absolute Gasteiger partial charge is 0.276 e. The molecule has 0 radical (unpaired) electrons. The van der Waals surface area contributed by atoms with Crippen LogP contribution in [-0.2, 0) is 0 Å². The zero-order valence-corrected chi connectivity index (χ0v) is 9.10. The van der Waals surface area contributed by atoms with Crippen LogP contribution in [0.2, 0.25) is 0 Å². The standard InChI is InChI=1S/C7H5ClO.3ClH/c8-7(9)6-4-2-1-3-5-6;;;/h1-5H;3*1H. The van der Waals surface area contributed by atoms with Crippen LogP contribution < -0.4 is 0 Å². The normalized spacial score (nSPS) is 6.75. The molecule has 0 aliphatic carbocycles. The molecule has 0 aliphatic heterocycles. The Kier molecular flexibility index (Phi) is 13.7. The molecule has 0 atom stereocenters. The number of hydrogen-bond acceptors (Lipinski definition) is 1. The lowest BCUT2D eigenvalue weighted by atomic mass is 10.2. The number of hydrogen-bond donors (Lipinski definition) is 0. The molecule has 0 saturated heterocycles. The number of carbonyl (C=O) groups excluding carboxylic acids is 1. The highest BCUT2D eigenvalue weighted by Crippen LogP contribution is 2.01. The van der Waals surface area contributed by atoms with Gasteiger partial charge in [0.25, 0.3) is 5.24 Å². The molecule has 0 fully saturated rings. The predicted octanol–water partition coefficient (Wildman–Crippen LogP) is 3.33. The van der Waals surface area contributed by atoms with Crippen molar-refractivity contribution >= 4 is 54.1 Å². The second kappa shape index (κ2) is 9.14. The van der Waals surface area contributed by atoms with Crippen molar-refractivity contribution < 1.29 is 4.79 Å². The molecule has 5 heteroatoms. The molecular weight excluding hydrogens is 242 g/mol. The van der Waals surface area contributed by atoms with Gasteiger partial charge < -0.3 is 0 Å². The Bertz CT molecular complexity index is 212. The monoisotopic (exact) mass is 248 g/mol. The van der Waals surface area contributed by atoms with Gasteiger partial charge in [0.05, 0.1) is 0 Å². The van der Waals surface area contributed by atoms with E-state index >= 15 is 0 Å². The first kappa shape index (κ1) is 18.0. The zero-order valence-electron chi connectivity index (χ0n) is 5.90. The fraction of sp³-hybridized carbons (Fsp3) is 0. The Labute approximate surface area is 94.7 Å². The fourth-order valence-electron chi connectivity index (χ4n) is 0.569. The highest BCUT2D eigenvalue weighted by Gasteiger charge is 1.95. The summed E-state index contributed by atoms with van der Waals surface area (Å²) in [4.78, 5) is 10.4. The Hall–Kier alpha value is 0.0500. The maximum absolute atomic E-state index is 10.4. The summed E-state index contributed by atoms with van der Waals surface area (Å²) in [6.45, 7) is 0. The molecule has 0 bridgehead atoms. The smallest absolute Gasteiger partial charge is 0.252 e. The number of carbonyl (C=O) groups is 1. The summed E-state index contributed by atoms with van der Waals surface area (Å²) >= 11 is 5.16. The summed E-state index contributed by atoms with van der Waals surface area (Å²) in [6.07, 6.45) is 0. The summed E-state index contributed by atoms with van der Waals surface area (Å²) in [6, 6.07) is 8.74. The van der Waals surface area contributed by atoms with Crippen LogP contribution in [0.5, 0.6) is 0 Å². The minimum absolute atomic E-state index is 0. The van der Waals surface area contributed by atoms with Gasteiger partial charge in [-0.1, -0.05) is 30.3 Å². The number of halogens is 4. The first-order chi connectivity index (χ1) is 4.30. The maximum atomic E-state index is 10.4. The van der Waals surface area contributed by atoms with Gasteiger partial charge >= 0.3 is 0 Å². The van der Waals surface area contributed by atoms with E-state index in [1.165, 1.54) is 0 Å². The van der Waals surface area contributed by atoms with Gasteiger partial charge in [0.2, 0.25) is 0 Å². The van der Waals surface area contributed by atoms with E-state index in [0.717, 1.165) is 0 Å². The van der Waals surface area contributed by atoms with Crippen LogP contribution >= 0.6 is 48.8 Å². The summed E-state index contributed by atoms with van der Waals surface area (Å²) in [5, 5.41) is -0.407.